The normalized spacial score (nSPS) is 23.7. The number of ether oxygens (including phenoxy) is 1. The van der Waals surface area contributed by atoms with E-state index in [0.29, 0.717) is 30.3 Å². The van der Waals surface area contributed by atoms with E-state index in [0.717, 1.165) is 29.4 Å². The van der Waals surface area contributed by atoms with E-state index in [4.69, 9.17) is 4.74 Å². The molecule has 3 aromatic rings. The number of carbonyl (C=O) groups excluding carboxylic acids is 1. The van der Waals surface area contributed by atoms with E-state index in [9.17, 15) is 14.4 Å². The van der Waals surface area contributed by atoms with Crippen molar-refractivity contribution in [3.8, 4) is 0 Å². The largest absolute Gasteiger partial charge is 0.376 e. The Labute approximate surface area is 186 Å². The van der Waals surface area contributed by atoms with Gasteiger partial charge in [-0.15, -0.1) is 0 Å². The van der Waals surface area contributed by atoms with Gasteiger partial charge in [-0.25, -0.2) is 4.79 Å². The standard InChI is InChI=1S/C26H26N2O4/c1-18-15-27(25(31)28(23(18)29)24(30)20-10-6-3-7-11-20)22-12-13-26(14-21(22)26)17-32-16-19-8-4-2-5-9-19/h2-11,15,21-22H,12-14,16-17H2,1H3/t21-,22+,26-/m1/s1. The second-order valence-electron chi connectivity index (χ2n) is 9.07. The number of benzene rings is 2. The Bertz CT molecular complexity index is 1260. The number of nitrogens with zero attached hydrogens (tertiary/aromatic N) is 2. The van der Waals surface area contributed by atoms with Gasteiger partial charge in [0.25, 0.3) is 11.5 Å². The second-order valence-corrected chi connectivity index (χ2v) is 9.07. The van der Waals surface area contributed by atoms with Gasteiger partial charge in [-0.05, 0) is 55.2 Å². The van der Waals surface area contributed by atoms with Gasteiger partial charge in [0, 0.05) is 23.4 Å². The summed E-state index contributed by atoms with van der Waals surface area (Å²) in [6.07, 6.45) is 4.46. The van der Waals surface area contributed by atoms with E-state index in [1.807, 2.05) is 18.2 Å². The Morgan fingerprint density at radius 2 is 1.75 bits per heavy atom. The van der Waals surface area contributed by atoms with Crippen LogP contribution in [0.15, 0.2) is 76.4 Å². The molecule has 2 aliphatic carbocycles. The molecule has 2 aromatic carbocycles. The highest BCUT2D eigenvalue weighted by Crippen LogP contribution is 2.67. The van der Waals surface area contributed by atoms with Gasteiger partial charge in [0.15, 0.2) is 0 Å². The Balaban J connectivity index is 1.37. The molecule has 2 fully saturated rings. The molecule has 32 heavy (non-hydrogen) atoms. The quantitative estimate of drug-likeness (QED) is 0.600. The first kappa shape index (κ1) is 20.6. The lowest BCUT2D eigenvalue weighted by atomic mass is 10.1. The van der Waals surface area contributed by atoms with Crippen LogP contribution >= 0.6 is 0 Å². The summed E-state index contributed by atoms with van der Waals surface area (Å²) < 4.78 is 8.44. The van der Waals surface area contributed by atoms with E-state index >= 15 is 0 Å². The van der Waals surface area contributed by atoms with Crippen molar-refractivity contribution < 1.29 is 9.53 Å². The van der Waals surface area contributed by atoms with Crippen molar-refractivity contribution in [1.82, 2.24) is 9.13 Å². The fourth-order valence-electron chi connectivity index (χ4n) is 5.19. The number of aromatic nitrogens is 2. The molecule has 5 rings (SSSR count). The van der Waals surface area contributed by atoms with Crippen LogP contribution in [0.25, 0.3) is 0 Å². The molecule has 0 unspecified atom stereocenters. The van der Waals surface area contributed by atoms with Crippen LogP contribution in [0.5, 0.6) is 0 Å². The Kier molecular flexibility index (Phi) is 5.18. The maximum Gasteiger partial charge on any atom is 0.338 e. The van der Waals surface area contributed by atoms with Crippen LogP contribution in [0, 0.1) is 18.3 Å². The number of aryl methyl sites for hydroxylation is 1. The van der Waals surface area contributed by atoms with Crippen LogP contribution in [0.4, 0.5) is 0 Å². The first-order valence-corrected chi connectivity index (χ1v) is 11.1. The predicted octanol–water partition coefficient (Wildman–Crippen LogP) is 3.56. The van der Waals surface area contributed by atoms with Gasteiger partial charge in [-0.1, -0.05) is 48.5 Å². The number of carbonyl (C=O) groups is 1. The molecule has 0 radical (unpaired) electrons. The third kappa shape index (κ3) is 3.54. The molecule has 164 valence electrons. The van der Waals surface area contributed by atoms with Crippen LogP contribution in [0.2, 0.25) is 0 Å². The summed E-state index contributed by atoms with van der Waals surface area (Å²) in [6.45, 7) is 2.90. The Morgan fingerprint density at radius 3 is 2.44 bits per heavy atom. The lowest BCUT2D eigenvalue weighted by Crippen LogP contribution is -2.45. The maximum absolute atomic E-state index is 13.3. The van der Waals surface area contributed by atoms with Crippen molar-refractivity contribution in [3.63, 3.8) is 0 Å². The zero-order chi connectivity index (χ0) is 22.3. The Morgan fingerprint density at radius 1 is 1.06 bits per heavy atom. The molecule has 2 saturated carbocycles. The van der Waals surface area contributed by atoms with Crippen LogP contribution in [0.1, 0.15) is 46.8 Å². The molecule has 0 aliphatic heterocycles. The highest BCUT2D eigenvalue weighted by Gasteiger charge is 2.62. The van der Waals surface area contributed by atoms with Crippen LogP contribution < -0.4 is 11.2 Å². The molecule has 3 atom stereocenters. The lowest BCUT2D eigenvalue weighted by molar-refractivity contribution is 0.0749. The fraction of sp³-hybridized carbons (Fsp3) is 0.346. The SMILES string of the molecule is Cc1cn([C@H]2CC[C@]3(COCc4ccccc4)C[C@H]23)c(=O)n(C(=O)c2ccccc2)c1=O. The van der Waals surface area contributed by atoms with Crippen molar-refractivity contribution >= 4 is 5.91 Å². The number of hydrogen-bond donors (Lipinski definition) is 0. The summed E-state index contributed by atoms with van der Waals surface area (Å²) in [6, 6.07) is 18.5. The van der Waals surface area contributed by atoms with E-state index in [1.165, 1.54) is 0 Å². The summed E-state index contributed by atoms with van der Waals surface area (Å²) in [4.78, 5) is 39.0. The van der Waals surface area contributed by atoms with Gasteiger partial charge in [-0.2, -0.15) is 4.57 Å². The molecule has 0 bridgehead atoms. The van der Waals surface area contributed by atoms with Crippen LogP contribution in [-0.4, -0.2) is 21.6 Å². The highest BCUT2D eigenvalue weighted by molar-refractivity contribution is 5.95. The van der Waals surface area contributed by atoms with Crippen LogP contribution in [0.3, 0.4) is 0 Å². The molecular weight excluding hydrogens is 404 g/mol. The molecule has 1 heterocycles. The molecule has 6 nitrogen and oxygen atoms in total. The van der Waals surface area contributed by atoms with Gasteiger partial charge >= 0.3 is 5.69 Å². The topological polar surface area (TPSA) is 70.3 Å². The van der Waals surface area contributed by atoms with E-state index in [2.05, 4.69) is 12.1 Å². The molecule has 0 N–H and O–H groups in total. The van der Waals surface area contributed by atoms with Gasteiger partial charge in [0.2, 0.25) is 0 Å². The highest BCUT2D eigenvalue weighted by atomic mass is 16.5. The van der Waals surface area contributed by atoms with E-state index < -0.39 is 17.2 Å². The monoisotopic (exact) mass is 430 g/mol. The summed E-state index contributed by atoms with van der Waals surface area (Å²) in [7, 11) is 0. The molecule has 0 amide bonds. The minimum Gasteiger partial charge on any atom is -0.376 e. The minimum atomic E-state index is -0.579. The van der Waals surface area contributed by atoms with Crippen molar-refractivity contribution in [3.05, 3.63) is 104 Å². The molecular formula is C26H26N2O4. The fourth-order valence-corrected chi connectivity index (χ4v) is 5.19. The van der Waals surface area contributed by atoms with Gasteiger partial charge in [0.1, 0.15) is 0 Å². The van der Waals surface area contributed by atoms with Gasteiger partial charge < -0.3 is 4.74 Å². The first-order valence-electron chi connectivity index (χ1n) is 11.1. The zero-order valence-corrected chi connectivity index (χ0v) is 18.1. The third-order valence-electron chi connectivity index (χ3n) is 7.02. The second kappa shape index (κ2) is 8.02. The predicted molar refractivity (Wildman–Crippen MR) is 121 cm³/mol. The molecule has 0 saturated heterocycles. The van der Waals surface area contributed by atoms with Crippen LogP contribution in [-0.2, 0) is 11.3 Å². The summed E-state index contributed by atoms with van der Waals surface area (Å²) in [5.41, 5.74) is 0.863. The minimum absolute atomic E-state index is 0.0167. The smallest absolute Gasteiger partial charge is 0.338 e. The van der Waals surface area contributed by atoms with Crippen molar-refractivity contribution in [2.75, 3.05) is 6.61 Å². The molecule has 0 spiro atoms. The average Bonchev–Trinajstić information content (AvgIpc) is 3.42. The van der Waals surface area contributed by atoms with Gasteiger partial charge in [0.05, 0.1) is 13.2 Å². The number of fused-ring (bicyclic) bond motifs is 1. The first-order chi connectivity index (χ1) is 15.5. The summed E-state index contributed by atoms with van der Waals surface area (Å²) in [5.74, 6) is -0.252. The van der Waals surface area contributed by atoms with Crippen molar-refractivity contribution in [2.45, 2.75) is 38.8 Å². The zero-order valence-electron chi connectivity index (χ0n) is 18.1. The lowest BCUT2D eigenvalue weighted by Gasteiger charge is -2.18. The maximum atomic E-state index is 13.3. The van der Waals surface area contributed by atoms with Crippen molar-refractivity contribution in [1.29, 1.82) is 0 Å². The Hall–Kier alpha value is -3.25. The number of hydrogen-bond acceptors (Lipinski definition) is 4. The van der Waals surface area contributed by atoms with Crippen molar-refractivity contribution in [2.24, 2.45) is 11.3 Å². The van der Waals surface area contributed by atoms with E-state index in [1.54, 1.807) is 48.0 Å². The summed E-state index contributed by atoms with van der Waals surface area (Å²) >= 11 is 0. The van der Waals surface area contributed by atoms with E-state index in [-0.39, 0.29) is 11.5 Å². The summed E-state index contributed by atoms with van der Waals surface area (Å²) in [5, 5.41) is 0. The number of rotatable bonds is 6. The van der Waals surface area contributed by atoms with Gasteiger partial charge in [-0.3, -0.25) is 14.2 Å². The molecule has 2 aliphatic rings. The average molecular weight is 431 g/mol. The third-order valence-corrected chi connectivity index (χ3v) is 7.02. The molecule has 6 heteroatoms. The molecule has 1 aromatic heterocycles.